The largest absolute Gasteiger partial charge is 0.390 e. The average Bonchev–Trinajstić information content (AvgIpc) is 2.37. The number of piperidine rings is 1. The van der Waals surface area contributed by atoms with E-state index in [9.17, 15) is 20.0 Å². The zero-order valence-corrected chi connectivity index (χ0v) is 11.6. The lowest BCUT2D eigenvalue weighted by Gasteiger charge is -2.35. The monoisotopic (exact) mass is 299 g/mol. The first-order valence-electron chi connectivity index (χ1n) is 6.12. The number of carbonyl (C=O) groups excluding carboxylic acids is 1. The highest BCUT2D eigenvalue weighted by molar-refractivity contribution is 6.32. The third kappa shape index (κ3) is 2.88. The van der Waals surface area contributed by atoms with Gasteiger partial charge in [-0.05, 0) is 25.8 Å². The molecule has 0 spiro atoms. The van der Waals surface area contributed by atoms with Crippen molar-refractivity contribution in [2.45, 2.75) is 25.4 Å². The Morgan fingerprint density at radius 2 is 2.15 bits per heavy atom. The molecular formula is C12H14ClN3O4. The number of halogens is 1. The highest BCUT2D eigenvalue weighted by Gasteiger charge is 2.33. The van der Waals surface area contributed by atoms with E-state index in [1.807, 2.05) is 0 Å². The molecule has 108 valence electrons. The number of carbonyl (C=O) groups is 1. The van der Waals surface area contributed by atoms with Gasteiger partial charge in [-0.1, -0.05) is 11.6 Å². The number of aromatic nitrogens is 1. The number of rotatable bonds is 2. The van der Waals surface area contributed by atoms with Crippen LogP contribution in [-0.4, -0.2) is 44.5 Å². The topological polar surface area (TPSA) is 96.6 Å². The molecule has 1 N–H and O–H groups in total. The van der Waals surface area contributed by atoms with E-state index < -0.39 is 22.1 Å². The average molecular weight is 300 g/mol. The van der Waals surface area contributed by atoms with Crippen molar-refractivity contribution in [1.82, 2.24) is 9.88 Å². The quantitative estimate of drug-likeness (QED) is 0.508. The Morgan fingerprint density at radius 1 is 1.55 bits per heavy atom. The number of amides is 1. The van der Waals surface area contributed by atoms with E-state index in [0.717, 1.165) is 0 Å². The standard InChI is InChI=1S/C12H14ClN3O4/c1-12(18)3-6-15(7-4-12)11(17)8-2-5-14-10(13)9(8)16(19)20/h2,5,18H,3-4,6-7H2,1H3. The van der Waals surface area contributed by atoms with Gasteiger partial charge >= 0.3 is 5.69 Å². The number of hydrogen-bond acceptors (Lipinski definition) is 5. The summed E-state index contributed by atoms with van der Waals surface area (Å²) in [7, 11) is 0. The number of hydrogen-bond donors (Lipinski definition) is 1. The molecule has 0 atom stereocenters. The molecular weight excluding hydrogens is 286 g/mol. The minimum absolute atomic E-state index is 0.0726. The zero-order chi connectivity index (χ0) is 14.9. The molecule has 2 rings (SSSR count). The van der Waals surface area contributed by atoms with Crippen LogP contribution in [0.3, 0.4) is 0 Å². The van der Waals surface area contributed by atoms with Gasteiger partial charge in [0.15, 0.2) is 0 Å². The summed E-state index contributed by atoms with van der Waals surface area (Å²) in [5.74, 6) is -0.462. The van der Waals surface area contributed by atoms with Gasteiger partial charge in [0.05, 0.1) is 10.5 Å². The number of aliphatic hydroxyl groups is 1. The van der Waals surface area contributed by atoms with Crippen LogP contribution in [0.25, 0.3) is 0 Å². The molecule has 1 aliphatic rings. The predicted octanol–water partition coefficient (Wildman–Crippen LogP) is 1.63. The molecule has 1 fully saturated rings. The molecule has 8 heteroatoms. The second kappa shape index (κ2) is 5.34. The van der Waals surface area contributed by atoms with Gasteiger partial charge in [-0.2, -0.15) is 0 Å². The Kier molecular flexibility index (Phi) is 3.92. The lowest BCUT2D eigenvalue weighted by atomic mass is 9.93. The molecule has 0 aliphatic carbocycles. The van der Waals surface area contributed by atoms with Crippen LogP contribution >= 0.6 is 11.6 Å². The van der Waals surface area contributed by atoms with Crippen LogP contribution < -0.4 is 0 Å². The minimum atomic E-state index is -0.793. The Morgan fingerprint density at radius 3 is 2.70 bits per heavy atom. The Balaban J connectivity index is 2.27. The van der Waals surface area contributed by atoms with Crippen molar-refractivity contribution in [1.29, 1.82) is 0 Å². The van der Waals surface area contributed by atoms with Crippen LogP contribution in [0.2, 0.25) is 5.15 Å². The van der Waals surface area contributed by atoms with Crippen LogP contribution in [0.4, 0.5) is 5.69 Å². The van der Waals surface area contributed by atoms with Crippen molar-refractivity contribution in [3.05, 3.63) is 33.1 Å². The molecule has 1 aromatic heterocycles. The second-order valence-electron chi connectivity index (χ2n) is 5.04. The van der Waals surface area contributed by atoms with Gasteiger partial charge in [0.1, 0.15) is 5.56 Å². The van der Waals surface area contributed by atoms with E-state index in [1.165, 1.54) is 17.2 Å². The maximum absolute atomic E-state index is 12.3. The van der Waals surface area contributed by atoms with Gasteiger partial charge in [-0.15, -0.1) is 0 Å². The van der Waals surface area contributed by atoms with E-state index in [-0.39, 0.29) is 10.7 Å². The normalized spacial score (nSPS) is 17.9. The summed E-state index contributed by atoms with van der Waals surface area (Å²) >= 11 is 5.69. The fraction of sp³-hybridized carbons (Fsp3) is 0.500. The fourth-order valence-corrected chi connectivity index (χ4v) is 2.36. The number of nitrogens with zero attached hydrogens (tertiary/aromatic N) is 3. The summed E-state index contributed by atoms with van der Waals surface area (Å²) in [5, 5.41) is 20.6. The van der Waals surface area contributed by atoms with Crippen molar-refractivity contribution in [2.24, 2.45) is 0 Å². The van der Waals surface area contributed by atoms with Gasteiger partial charge in [0.2, 0.25) is 5.15 Å². The molecule has 0 bridgehead atoms. The van der Waals surface area contributed by atoms with Crippen LogP contribution in [0.1, 0.15) is 30.1 Å². The maximum atomic E-state index is 12.3. The predicted molar refractivity (Wildman–Crippen MR) is 71.7 cm³/mol. The highest BCUT2D eigenvalue weighted by atomic mass is 35.5. The summed E-state index contributed by atoms with van der Waals surface area (Å²) in [6.07, 6.45) is 2.14. The van der Waals surface area contributed by atoms with Gasteiger partial charge in [-0.25, -0.2) is 4.98 Å². The first-order chi connectivity index (χ1) is 9.32. The molecule has 0 radical (unpaired) electrons. The lowest BCUT2D eigenvalue weighted by Crippen LogP contribution is -2.45. The summed E-state index contributed by atoms with van der Waals surface area (Å²) in [6, 6.07) is 1.29. The van der Waals surface area contributed by atoms with Crippen LogP contribution in [0, 0.1) is 10.1 Å². The summed E-state index contributed by atoms with van der Waals surface area (Å²) in [5.41, 5.74) is -1.34. The summed E-state index contributed by atoms with van der Waals surface area (Å²) < 4.78 is 0. The Labute approximate surface area is 120 Å². The van der Waals surface area contributed by atoms with Gasteiger partial charge in [0.25, 0.3) is 5.91 Å². The summed E-state index contributed by atoms with van der Waals surface area (Å²) in [4.78, 5) is 27.7. The van der Waals surface area contributed by atoms with Crippen molar-refractivity contribution < 1.29 is 14.8 Å². The van der Waals surface area contributed by atoms with Crippen LogP contribution in [-0.2, 0) is 0 Å². The fourth-order valence-electron chi connectivity index (χ4n) is 2.14. The van der Waals surface area contributed by atoms with Gasteiger partial charge < -0.3 is 10.0 Å². The summed E-state index contributed by atoms with van der Waals surface area (Å²) in [6.45, 7) is 2.41. The zero-order valence-electron chi connectivity index (χ0n) is 10.9. The first kappa shape index (κ1) is 14.7. The molecule has 0 aromatic carbocycles. The molecule has 1 aliphatic heterocycles. The molecule has 20 heavy (non-hydrogen) atoms. The molecule has 2 heterocycles. The third-order valence-corrected chi connectivity index (χ3v) is 3.70. The molecule has 0 saturated carbocycles. The van der Waals surface area contributed by atoms with Crippen molar-refractivity contribution >= 4 is 23.2 Å². The molecule has 1 saturated heterocycles. The van der Waals surface area contributed by atoms with Crippen LogP contribution in [0.5, 0.6) is 0 Å². The first-order valence-corrected chi connectivity index (χ1v) is 6.50. The van der Waals surface area contributed by atoms with E-state index in [2.05, 4.69) is 4.98 Å². The SMILES string of the molecule is CC1(O)CCN(C(=O)c2ccnc(Cl)c2[N+](=O)[O-])CC1. The van der Waals surface area contributed by atoms with E-state index >= 15 is 0 Å². The van der Waals surface area contributed by atoms with Gasteiger partial charge in [0, 0.05) is 19.3 Å². The van der Waals surface area contributed by atoms with Crippen LogP contribution in [0.15, 0.2) is 12.3 Å². The number of pyridine rings is 1. The minimum Gasteiger partial charge on any atom is -0.390 e. The molecule has 0 unspecified atom stereocenters. The highest BCUT2D eigenvalue weighted by Crippen LogP contribution is 2.29. The smallest absolute Gasteiger partial charge is 0.319 e. The van der Waals surface area contributed by atoms with E-state index in [4.69, 9.17) is 11.6 Å². The van der Waals surface area contributed by atoms with Crippen molar-refractivity contribution in [3.8, 4) is 0 Å². The van der Waals surface area contributed by atoms with Crippen molar-refractivity contribution in [2.75, 3.05) is 13.1 Å². The van der Waals surface area contributed by atoms with Gasteiger partial charge in [-0.3, -0.25) is 14.9 Å². The molecule has 1 amide bonds. The van der Waals surface area contributed by atoms with Crippen molar-refractivity contribution in [3.63, 3.8) is 0 Å². The second-order valence-corrected chi connectivity index (χ2v) is 5.40. The number of nitro groups is 1. The Hall–Kier alpha value is -1.73. The van der Waals surface area contributed by atoms with E-state index in [0.29, 0.717) is 25.9 Å². The Bertz CT molecular complexity index is 552. The molecule has 1 aromatic rings. The third-order valence-electron chi connectivity index (χ3n) is 3.42. The maximum Gasteiger partial charge on any atom is 0.319 e. The number of likely N-dealkylation sites (tertiary alicyclic amines) is 1. The lowest BCUT2D eigenvalue weighted by molar-refractivity contribution is -0.385. The molecule has 7 nitrogen and oxygen atoms in total. The van der Waals surface area contributed by atoms with E-state index in [1.54, 1.807) is 6.92 Å².